The van der Waals surface area contributed by atoms with Crippen molar-refractivity contribution in [2.75, 3.05) is 13.7 Å². The number of nitrogens with one attached hydrogen (secondary N) is 1. The van der Waals surface area contributed by atoms with Gasteiger partial charge in [0.25, 0.3) is 5.91 Å². The van der Waals surface area contributed by atoms with Crippen LogP contribution in [0.5, 0.6) is 0 Å². The molecule has 1 aliphatic rings. The minimum Gasteiger partial charge on any atom is -0.465 e. The van der Waals surface area contributed by atoms with Crippen LogP contribution in [-0.2, 0) is 17.7 Å². The van der Waals surface area contributed by atoms with Crippen molar-refractivity contribution in [1.82, 2.24) is 9.88 Å². The second-order valence-corrected chi connectivity index (χ2v) is 7.35. The molecule has 0 atom stereocenters. The first-order chi connectivity index (χ1) is 13.0. The summed E-state index contributed by atoms with van der Waals surface area (Å²) >= 11 is 3.28. The molecule has 0 spiro atoms. The SMILES string of the molecule is COC(=O)c1ccc2[nH]c3c(c2c1)CN(C(=O)c1cc(Br)ccc1F)CC3. The molecule has 138 valence electrons. The number of H-pyrrole nitrogens is 1. The van der Waals surface area contributed by atoms with Gasteiger partial charge >= 0.3 is 5.97 Å². The molecule has 1 amide bonds. The first-order valence-corrected chi connectivity index (χ1v) is 9.23. The minimum atomic E-state index is -0.541. The van der Waals surface area contributed by atoms with Gasteiger partial charge in [-0.1, -0.05) is 15.9 Å². The Morgan fingerprint density at radius 3 is 2.81 bits per heavy atom. The third-order valence-electron chi connectivity index (χ3n) is 4.84. The predicted octanol–water partition coefficient (Wildman–Crippen LogP) is 4.05. The average molecular weight is 431 g/mol. The number of methoxy groups -OCH3 is 1. The maximum Gasteiger partial charge on any atom is 0.337 e. The first-order valence-electron chi connectivity index (χ1n) is 8.44. The number of ether oxygens (including phenoxy) is 1. The molecular weight excluding hydrogens is 415 g/mol. The van der Waals surface area contributed by atoms with Crippen LogP contribution in [0.15, 0.2) is 40.9 Å². The third-order valence-corrected chi connectivity index (χ3v) is 5.34. The van der Waals surface area contributed by atoms with E-state index in [-0.39, 0.29) is 11.5 Å². The number of benzene rings is 2. The molecule has 4 rings (SSSR count). The number of amides is 1. The molecule has 27 heavy (non-hydrogen) atoms. The van der Waals surface area contributed by atoms with Gasteiger partial charge in [-0.3, -0.25) is 4.79 Å². The van der Waals surface area contributed by atoms with Gasteiger partial charge in [0.1, 0.15) is 5.82 Å². The summed E-state index contributed by atoms with van der Waals surface area (Å²) in [5.74, 6) is -1.30. The quantitative estimate of drug-likeness (QED) is 0.623. The first kappa shape index (κ1) is 17.7. The smallest absolute Gasteiger partial charge is 0.337 e. The summed E-state index contributed by atoms with van der Waals surface area (Å²) in [4.78, 5) is 29.7. The van der Waals surface area contributed by atoms with E-state index in [2.05, 4.69) is 20.9 Å². The molecule has 0 unspecified atom stereocenters. The van der Waals surface area contributed by atoms with E-state index >= 15 is 0 Å². The van der Waals surface area contributed by atoms with Crippen molar-refractivity contribution in [3.05, 3.63) is 69.1 Å². The van der Waals surface area contributed by atoms with Crippen molar-refractivity contribution in [2.24, 2.45) is 0 Å². The minimum absolute atomic E-state index is 0.0444. The molecule has 0 bridgehead atoms. The molecule has 2 heterocycles. The third kappa shape index (κ3) is 3.12. The van der Waals surface area contributed by atoms with E-state index in [0.29, 0.717) is 29.5 Å². The molecule has 2 aromatic carbocycles. The normalized spacial score (nSPS) is 13.5. The Kier molecular flexibility index (Phi) is 4.47. The molecule has 0 aliphatic carbocycles. The lowest BCUT2D eigenvalue weighted by Gasteiger charge is -2.27. The molecular formula is C20H16BrFN2O3. The Bertz CT molecular complexity index is 1080. The van der Waals surface area contributed by atoms with Crippen LogP contribution in [-0.4, -0.2) is 35.4 Å². The fourth-order valence-electron chi connectivity index (χ4n) is 3.46. The van der Waals surface area contributed by atoms with Gasteiger partial charge < -0.3 is 14.6 Å². The molecule has 5 nitrogen and oxygen atoms in total. The number of nitrogens with zero attached hydrogens (tertiary/aromatic N) is 1. The summed E-state index contributed by atoms with van der Waals surface area (Å²) in [7, 11) is 1.34. The summed E-state index contributed by atoms with van der Waals surface area (Å²) in [5.41, 5.74) is 3.38. The second kappa shape index (κ2) is 6.81. The molecule has 0 saturated heterocycles. The average Bonchev–Trinajstić information content (AvgIpc) is 3.05. The van der Waals surface area contributed by atoms with Crippen LogP contribution in [0.4, 0.5) is 4.39 Å². The molecule has 1 aliphatic heterocycles. The summed E-state index contributed by atoms with van der Waals surface area (Å²) in [6, 6.07) is 9.65. The highest BCUT2D eigenvalue weighted by atomic mass is 79.9. The van der Waals surface area contributed by atoms with Crippen LogP contribution in [0.2, 0.25) is 0 Å². The number of hydrogen-bond acceptors (Lipinski definition) is 3. The summed E-state index contributed by atoms with van der Waals surface area (Å²) in [5, 5.41) is 0.875. The maximum absolute atomic E-state index is 14.1. The number of aromatic amines is 1. The zero-order valence-corrected chi connectivity index (χ0v) is 16.1. The predicted molar refractivity (Wildman–Crippen MR) is 102 cm³/mol. The Labute approximate surface area is 163 Å². The van der Waals surface area contributed by atoms with E-state index < -0.39 is 11.8 Å². The van der Waals surface area contributed by atoms with E-state index in [1.54, 1.807) is 23.1 Å². The van der Waals surface area contributed by atoms with Crippen LogP contribution >= 0.6 is 15.9 Å². The van der Waals surface area contributed by atoms with Crippen LogP contribution in [0, 0.1) is 5.82 Å². The molecule has 1 aromatic heterocycles. The van der Waals surface area contributed by atoms with Crippen LogP contribution < -0.4 is 0 Å². The Morgan fingerprint density at radius 1 is 1.22 bits per heavy atom. The Balaban J connectivity index is 1.70. The van der Waals surface area contributed by atoms with Gasteiger partial charge in [-0.15, -0.1) is 0 Å². The second-order valence-electron chi connectivity index (χ2n) is 6.43. The highest BCUT2D eigenvalue weighted by molar-refractivity contribution is 9.10. The van der Waals surface area contributed by atoms with Crippen LogP contribution in [0.1, 0.15) is 32.0 Å². The summed E-state index contributed by atoms with van der Waals surface area (Å²) in [6.07, 6.45) is 0.638. The fourth-order valence-corrected chi connectivity index (χ4v) is 3.83. The van der Waals surface area contributed by atoms with Crippen LogP contribution in [0.3, 0.4) is 0 Å². The van der Waals surface area contributed by atoms with Crippen molar-refractivity contribution < 1.29 is 18.7 Å². The number of halogens is 2. The topological polar surface area (TPSA) is 62.4 Å². The van der Waals surface area contributed by atoms with E-state index in [0.717, 1.165) is 22.2 Å². The number of carbonyl (C=O) groups is 2. The number of carbonyl (C=O) groups excluding carboxylic acids is 2. The molecule has 3 aromatic rings. The zero-order valence-electron chi connectivity index (χ0n) is 14.5. The number of esters is 1. The number of rotatable bonds is 2. The molecule has 0 fully saturated rings. The van der Waals surface area contributed by atoms with E-state index in [9.17, 15) is 14.0 Å². The maximum atomic E-state index is 14.1. The monoisotopic (exact) mass is 430 g/mol. The van der Waals surface area contributed by atoms with E-state index in [1.807, 2.05) is 6.07 Å². The molecule has 7 heteroatoms. The number of hydrogen-bond donors (Lipinski definition) is 1. The van der Waals surface area contributed by atoms with Crippen LogP contribution in [0.25, 0.3) is 10.9 Å². The lowest BCUT2D eigenvalue weighted by atomic mass is 10.0. The van der Waals surface area contributed by atoms with Gasteiger partial charge in [0.15, 0.2) is 0 Å². The van der Waals surface area contributed by atoms with Gasteiger partial charge in [-0.05, 0) is 36.4 Å². The lowest BCUT2D eigenvalue weighted by Crippen LogP contribution is -2.36. The lowest BCUT2D eigenvalue weighted by molar-refractivity contribution is 0.0600. The number of aromatic nitrogens is 1. The highest BCUT2D eigenvalue weighted by Crippen LogP contribution is 2.30. The molecule has 0 saturated carbocycles. The van der Waals surface area contributed by atoms with Gasteiger partial charge in [-0.2, -0.15) is 0 Å². The standard InChI is InChI=1S/C20H16BrFN2O3/c1-27-20(26)11-2-5-17-13(8-11)15-10-24(7-6-18(15)23-17)19(25)14-9-12(21)3-4-16(14)22/h2-5,8-9,23H,6-7,10H2,1H3. The van der Waals surface area contributed by atoms with Gasteiger partial charge in [0.2, 0.25) is 0 Å². The van der Waals surface area contributed by atoms with Gasteiger partial charge in [0.05, 0.1) is 18.2 Å². The Hall–Kier alpha value is -2.67. The molecule has 1 N–H and O–H groups in total. The summed E-state index contributed by atoms with van der Waals surface area (Å²) < 4.78 is 19.6. The number of fused-ring (bicyclic) bond motifs is 3. The van der Waals surface area contributed by atoms with Crippen molar-refractivity contribution >= 4 is 38.7 Å². The fraction of sp³-hybridized carbons (Fsp3) is 0.200. The van der Waals surface area contributed by atoms with Crippen molar-refractivity contribution in [3.8, 4) is 0 Å². The van der Waals surface area contributed by atoms with Crippen molar-refractivity contribution in [3.63, 3.8) is 0 Å². The zero-order chi connectivity index (χ0) is 19.1. The van der Waals surface area contributed by atoms with Gasteiger partial charge in [-0.25, -0.2) is 9.18 Å². The summed E-state index contributed by atoms with van der Waals surface area (Å²) in [6.45, 7) is 0.846. The van der Waals surface area contributed by atoms with E-state index in [4.69, 9.17) is 4.74 Å². The van der Waals surface area contributed by atoms with E-state index in [1.165, 1.54) is 19.2 Å². The van der Waals surface area contributed by atoms with Gasteiger partial charge in [0, 0.05) is 46.1 Å². The highest BCUT2D eigenvalue weighted by Gasteiger charge is 2.27. The largest absolute Gasteiger partial charge is 0.465 e. The Morgan fingerprint density at radius 2 is 2.04 bits per heavy atom. The molecule has 0 radical (unpaired) electrons. The van der Waals surface area contributed by atoms with Crippen molar-refractivity contribution in [2.45, 2.75) is 13.0 Å². The van der Waals surface area contributed by atoms with Crippen molar-refractivity contribution in [1.29, 1.82) is 0 Å².